The summed E-state index contributed by atoms with van der Waals surface area (Å²) in [6.07, 6.45) is -0.105. The molecule has 0 saturated carbocycles. The van der Waals surface area contributed by atoms with E-state index in [0.29, 0.717) is 12.3 Å². The molecule has 0 radical (unpaired) electrons. The van der Waals surface area contributed by atoms with Gasteiger partial charge in [-0.1, -0.05) is 11.3 Å². The summed E-state index contributed by atoms with van der Waals surface area (Å²) in [5.41, 5.74) is 0. The van der Waals surface area contributed by atoms with Gasteiger partial charge < -0.3 is 10.0 Å². The highest BCUT2D eigenvalue weighted by Crippen LogP contribution is 2.28. The second kappa shape index (κ2) is 6.23. The van der Waals surface area contributed by atoms with Crippen molar-refractivity contribution in [3.05, 3.63) is 27.1 Å². The van der Waals surface area contributed by atoms with E-state index in [2.05, 4.69) is 0 Å². The van der Waals surface area contributed by atoms with Crippen LogP contribution in [0.4, 0.5) is 5.00 Å². The Morgan fingerprint density at radius 2 is 2.25 bits per heavy atom. The van der Waals surface area contributed by atoms with E-state index < -0.39 is 10.9 Å². The topological polar surface area (TPSA) is 101 Å². The van der Waals surface area contributed by atoms with Crippen LogP contribution in [0.2, 0.25) is 0 Å². The van der Waals surface area contributed by atoms with Gasteiger partial charge in [0.05, 0.1) is 22.3 Å². The van der Waals surface area contributed by atoms with Crippen LogP contribution in [0.1, 0.15) is 16.1 Å². The van der Waals surface area contributed by atoms with Crippen LogP contribution in [-0.2, 0) is 4.79 Å². The van der Waals surface area contributed by atoms with Crippen LogP contribution < -0.4 is 0 Å². The van der Waals surface area contributed by atoms with Crippen molar-refractivity contribution >= 4 is 40.0 Å². The lowest BCUT2D eigenvalue weighted by molar-refractivity contribution is -0.380. The van der Waals surface area contributed by atoms with Crippen LogP contribution in [0, 0.1) is 10.1 Å². The van der Waals surface area contributed by atoms with Crippen molar-refractivity contribution in [1.29, 1.82) is 0 Å². The molecule has 20 heavy (non-hydrogen) atoms. The Hall–Kier alpha value is -1.61. The number of hydrogen-bond donors (Lipinski definition) is 1. The van der Waals surface area contributed by atoms with Crippen LogP contribution in [0.5, 0.6) is 0 Å². The molecular formula is C11H12N2O5S2. The lowest BCUT2D eigenvalue weighted by Gasteiger charge is -2.34. The van der Waals surface area contributed by atoms with Gasteiger partial charge in [0.15, 0.2) is 0 Å². The minimum absolute atomic E-state index is 0.0884. The van der Waals surface area contributed by atoms with Gasteiger partial charge in [-0.05, 0) is 6.07 Å². The van der Waals surface area contributed by atoms with Crippen molar-refractivity contribution in [3.63, 3.8) is 0 Å². The van der Waals surface area contributed by atoms with Crippen molar-refractivity contribution < 1.29 is 19.6 Å². The molecular weight excluding hydrogens is 304 g/mol. The van der Waals surface area contributed by atoms with Crippen LogP contribution >= 0.6 is 23.1 Å². The zero-order valence-corrected chi connectivity index (χ0v) is 12.0. The Labute approximate surface area is 122 Å². The summed E-state index contributed by atoms with van der Waals surface area (Å²) in [5, 5.41) is 19.4. The fourth-order valence-electron chi connectivity index (χ4n) is 1.98. The van der Waals surface area contributed by atoms with Gasteiger partial charge in [0.1, 0.15) is 0 Å². The number of carbonyl (C=O) groups is 2. The Morgan fingerprint density at radius 1 is 1.50 bits per heavy atom. The highest BCUT2D eigenvalue weighted by molar-refractivity contribution is 7.99. The molecule has 1 atom stereocenters. The van der Waals surface area contributed by atoms with Gasteiger partial charge in [0, 0.05) is 24.1 Å². The molecule has 1 saturated heterocycles. The first kappa shape index (κ1) is 14.8. The number of thiophene rings is 1. The maximum absolute atomic E-state index is 12.3. The summed E-state index contributed by atoms with van der Waals surface area (Å²) in [6, 6.07) is 2.35. The number of amides is 1. The van der Waals surface area contributed by atoms with Gasteiger partial charge in [-0.15, -0.1) is 0 Å². The Morgan fingerprint density at radius 3 is 2.85 bits per heavy atom. The van der Waals surface area contributed by atoms with Crippen LogP contribution in [0.15, 0.2) is 12.1 Å². The van der Waals surface area contributed by atoms with Crippen LogP contribution in [0.3, 0.4) is 0 Å². The highest BCUT2D eigenvalue weighted by atomic mass is 32.2. The van der Waals surface area contributed by atoms with Gasteiger partial charge in [-0.2, -0.15) is 11.8 Å². The van der Waals surface area contributed by atoms with Gasteiger partial charge in [0.2, 0.25) is 0 Å². The molecule has 1 aliphatic rings. The summed E-state index contributed by atoms with van der Waals surface area (Å²) >= 11 is 2.43. The third kappa shape index (κ3) is 3.28. The number of thioether (sulfide) groups is 1. The van der Waals surface area contributed by atoms with Crippen molar-refractivity contribution in [3.8, 4) is 0 Å². The first-order valence-corrected chi connectivity index (χ1v) is 7.81. The number of carboxylic acids is 1. The molecule has 2 rings (SSSR count). The van der Waals surface area contributed by atoms with Crippen molar-refractivity contribution in [2.45, 2.75) is 12.5 Å². The Balaban J connectivity index is 2.15. The number of aliphatic carboxylic acids is 1. The molecule has 0 aromatic carbocycles. The molecule has 108 valence electrons. The van der Waals surface area contributed by atoms with E-state index in [1.54, 1.807) is 11.8 Å². The number of carboxylic acid groups (broad SMARTS) is 1. The maximum Gasteiger partial charge on any atom is 0.324 e. The average Bonchev–Trinajstić information content (AvgIpc) is 2.87. The van der Waals surface area contributed by atoms with Crippen LogP contribution in [0.25, 0.3) is 0 Å². The molecule has 0 spiro atoms. The number of hydrogen-bond acceptors (Lipinski definition) is 6. The van der Waals surface area contributed by atoms with Crippen molar-refractivity contribution in [1.82, 2.24) is 4.90 Å². The summed E-state index contributed by atoms with van der Waals surface area (Å²) in [6.45, 7) is 0.465. The zero-order chi connectivity index (χ0) is 14.7. The summed E-state index contributed by atoms with van der Waals surface area (Å²) < 4.78 is 0. The Bertz CT molecular complexity index is 545. The number of nitrogens with zero attached hydrogens (tertiary/aromatic N) is 2. The van der Waals surface area contributed by atoms with Crippen molar-refractivity contribution in [2.24, 2.45) is 0 Å². The molecule has 2 heterocycles. The van der Waals surface area contributed by atoms with Gasteiger partial charge in [0.25, 0.3) is 5.91 Å². The first-order chi connectivity index (χ1) is 9.49. The smallest absolute Gasteiger partial charge is 0.324 e. The van der Waals surface area contributed by atoms with E-state index in [1.807, 2.05) is 0 Å². The predicted molar refractivity (Wildman–Crippen MR) is 75.4 cm³/mol. The molecule has 1 N–H and O–H groups in total. The number of carbonyl (C=O) groups excluding carboxylic acids is 1. The molecule has 1 aliphatic heterocycles. The molecule has 1 amide bonds. The second-order valence-electron chi connectivity index (χ2n) is 4.22. The van der Waals surface area contributed by atoms with E-state index in [-0.39, 0.29) is 28.2 Å². The van der Waals surface area contributed by atoms with E-state index in [4.69, 9.17) is 5.11 Å². The molecule has 0 aliphatic carbocycles. The number of rotatable bonds is 4. The molecule has 9 heteroatoms. The zero-order valence-electron chi connectivity index (χ0n) is 10.4. The molecule has 1 unspecified atom stereocenters. The average molecular weight is 316 g/mol. The Kier molecular flexibility index (Phi) is 4.61. The lowest BCUT2D eigenvalue weighted by Crippen LogP contribution is -2.46. The van der Waals surface area contributed by atoms with Gasteiger partial charge >= 0.3 is 11.0 Å². The molecule has 7 nitrogen and oxygen atoms in total. The SMILES string of the molecule is O=C(O)CC1CSCCN1C(=O)c1ccc([N+](=O)[O-])s1. The second-order valence-corrected chi connectivity index (χ2v) is 6.43. The highest BCUT2D eigenvalue weighted by Gasteiger charge is 2.30. The molecule has 1 fully saturated rings. The first-order valence-electron chi connectivity index (χ1n) is 5.83. The normalized spacial score (nSPS) is 18.8. The quantitative estimate of drug-likeness (QED) is 0.670. The van der Waals surface area contributed by atoms with E-state index in [0.717, 1.165) is 17.1 Å². The predicted octanol–water partition coefficient (Wildman–Crippen LogP) is 1.69. The van der Waals surface area contributed by atoms with E-state index in [1.165, 1.54) is 17.0 Å². The van der Waals surface area contributed by atoms with E-state index in [9.17, 15) is 19.7 Å². The van der Waals surface area contributed by atoms with Crippen LogP contribution in [-0.4, -0.2) is 50.9 Å². The minimum atomic E-state index is -0.951. The summed E-state index contributed by atoms with van der Waals surface area (Å²) in [4.78, 5) is 35.1. The lowest BCUT2D eigenvalue weighted by atomic mass is 10.2. The number of nitro groups is 1. The standard InChI is InChI=1S/C11H12N2O5S2/c14-10(15)5-7-6-19-4-3-12(7)11(16)8-1-2-9(20-8)13(17)18/h1-2,7H,3-6H2,(H,14,15). The fourth-order valence-corrected chi connectivity index (χ4v) is 3.81. The monoisotopic (exact) mass is 316 g/mol. The summed E-state index contributed by atoms with van der Waals surface area (Å²) in [7, 11) is 0. The third-order valence-corrected chi connectivity index (χ3v) is 5.00. The van der Waals surface area contributed by atoms with Crippen molar-refractivity contribution in [2.75, 3.05) is 18.1 Å². The third-order valence-electron chi connectivity index (χ3n) is 2.88. The summed E-state index contributed by atoms with van der Waals surface area (Å²) in [5.74, 6) is 0.0444. The molecule has 1 aromatic heterocycles. The fraction of sp³-hybridized carbons (Fsp3) is 0.455. The minimum Gasteiger partial charge on any atom is -0.481 e. The molecule has 1 aromatic rings. The molecule has 0 bridgehead atoms. The van der Waals surface area contributed by atoms with E-state index >= 15 is 0 Å². The van der Waals surface area contributed by atoms with Gasteiger partial charge in [-0.3, -0.25) is 19.7 Å². The maximum atomic E-state index is 12.3. The largest absolute Gasteiger partial charge is 0.481 e. The van der Waals surface area contributed by atoms with Gasteiger partial charge in [-0.25, -0.2) is 0 Å².